The van der Waals surface area contributed by atoms with Crippen LogP contribution in [0, 0.1) is 0 Å². The first kappa shape index (κ1) is 15.0. The number of aromatic nitrogens is 1. The smallest absolute Gasteiger partial charge is 0.267 e. The first-order chi connectivity index (χ1) is 11.7. The van der Waals surface area contributed by atoms with Gasteiger partial charge in [-0.2, -0.15) is 0 Å². The lowest BCUT2D eigenvalue weighted by Crippen LogP contribution is -2.31. The summed E-state index contributed by atoms with van der Waals surface area (Å²) >= 11 is 1.43. The summed E-state index contributed by atoms with van der Waals surface area (Å²) in [6.07, 6.45) is 0.0673. The number of rotatable bonds is 4. The van der Waals surface area contributed by atoms with E-state index in [1.807, 2.05) is 49.4 Å². The summed E-state index contributed by atoms with van der Waals surface area (Å²) in [5, 5.41) is 3.42. The highest BCUT2D eigenvalue weighted by Gasteiger charge is 2.29. The maximum Gasteiger partial charge on any atom is 0.267 e. The van der Waals surface area contributed by atoms with Gasteiger partial charge in [0.05, 0.1) is 11.3 Å². The number of fused-ring (bicyclic) bond motifs is 2. The molecule has 2 heterocycles. The van der Waals surface area contributed by atoms with Crippen LogP contribution in [0.4, 0.5) is 5.13 Å². The first-order valence-corrected chi connectivity index (χ1v) is 8.64. The molecular formula is C18H16N2O3S. The fraction of sp³-hybridized carbons (Fsp3) is 0.222. The summed E-state index contributed by atoms with van der Waals surface area (Å²) in [5.74, 6) is 1.33. The molecular weight excluding hydrogens is 324 g/mol. The number of hydrogen-bond acceptors (Lipinski definition) is 5. The molecule has 0 fully saturated rings. The second-order valence-electron chi connectivity index (χ2n) is 5.46. The molecule has 1 atom stereocenters. The third-order valence-corrected chi connectivity index (χ3v) is 4.79. The van der Waals surface area contributed by atoms with Crippen molar-refractivity contribution < 1.29 is 14.3 Å². The van der Waals surface area contributed by atoms with Crippen molar-refractivity contribution in [2.24, 2.45) is 0 Å². The van der Waals surface area contributed by atoms with Gasteiger partial charge in [0.15, 0.2) is 11.2 Å². The van der Waals surface area contributed by atoms with Crippen molar-refractivity contribution in [3.63, 3.8) is 0 Å². The van der Waals surface area contributed by atoms with Gasteiger partial charge in [0.1, 0.15) is 17.0 Å². The van der Waals surface area contributed by atoms with Crippen molar-refractivity contribution in [1.29, 1.82) is 0 Å². The number of nitrogens with zero attached hydrogens (tertiary/aromatic N) is 1. The minimum Gasteiger partial charge on any atom is -0.492 e. The number of hydrogen-bond donors (Lipinski definition) is 1. The maximum atomic E-state index is 12.5. The molecule has 6 heteroatoms. The van der Waals surface area contributed by atoms with Crippen LogP contribution in [0.25, 0.3) is 10.2 Å². The Hall–Kier alpha value is -2.60. The summed E-state index contributed by atoms with van der Waals surface area (Å²) < 4.78 is 12.3. The molecule has 1 amide bonds. The normalized spacial score (nSPS) is 15.8. The van der Waals surface area contributed by atoms with Crippen molar-refractivity contribution >= 4 is 32.6 Å². The Morgan fingerprint density at radius 3 is 3.04 bits per heavy atom. The Balaban J connectivity index is 1.52. The van der Waals surface area contributed by atoms with Gasteiger partial charge < -0.3 is 9.47 Å². The number of benzene rings is 2. The Morgan fingerprint density at radius 2 is 2.21 bits per heavy atom. The van der Waals surface area contributed by atoms with Crippen LogP contribution in [-0.4, -0.2) is 23.6 Å². The highest BCUT2D eigenvalue weighted by molar-refractivity contribution is 7.22. The van der Waals surface area contributed by atoms with Crippen LogP contribution in [0.2, 0.25) is 0 Å². The molecule has 0 saturated carbocycles. The van der Waals surface area contributed by atoms with Gasteiger partial charge in [0, 0.05) is 6.42 Å². The molecule has 0 spiro atoms. The van der Waals surface area contributed by atoms with Gasteiger partial charge in [0.25, 0.3) is 5.91 Å². The van der Waals surface area contributed by atoms with E-state index in [1.165, 1.54) is 11.3 Å². The summed E-state index contributed by atoms with van der Waals surface area (Å²) in [6, 6.07) is 13.5. The molecule has 24 heavy (non-hydrogen) atoms. The summed E-state index contributed by atoms with van der Waals surface area (Å²) in [6.45, 7) is 2.51. The standard InChI is InChI=1S/C18H16N2O3S/c1-2-22-13-8-5-9-15-16(13)19-18(24-15)20-17(21)14-10-11-6-3-4-7-12(11)23-14/h3-9,14H,2,10H2,1H3,(H,19,20,21). The zero-order chi connectivity index (χ0) is 16.5. The molecule has 122 valence electrons. The fourth-order valence-corrected chi connectivity index (χ4v) is 3.65. The van der Waals surface area contributed by atoms with E-state index in [4.69, 9.17) is 9.47 Å². The molecule has 1 unspecified atom stereocenters. The number of carbonyl (C=O) groups is 1. The van der Waals surface area contributed by atoms with Crippen molar-refractivity contribution in [2.75, 3.05) is 11.9 Å². The third-order valence-electron chi connectivity index (χ3n) is 3.85. The quantitative estimate of drug-likeness (QED) is 0.788. The first-order valence-electron chi connectivity index (χ1n) is 7.82. The van der Waals surface area contributed by atoms with E-state index in [2.05, 4.69) is 10.3 Å². The molecule has 0 aliphatic carbocycles. The molecule has 1 aliphatic heterocycles. The maximum absolute atomic E-state index is 12.5. The number of anilines is 1. The van der Waals surface area contributed by atoms with Crippen LogP contribution in [0.1, 0.15) is 12.5 Å². The molecule has 1 N–H and O–H groups in total. The van der Waals surface area contributed by atoms with Crippen LogP contribution in [-0.2, 0) is 11.2 Å². The Kier molecular flexibility index (Phi) is 3.82. The van der Waals surface area contributed by atoms with E-state index >= 15 is 0 Å². The lowest BCUT2D eigenvalue weighted by molar-refractivity contribution is -0.122. The predicted octanol–water partition coefficient (Wildman–Crippen LogP) is 3.64. The Bertz CT molecular complexity index is 881. The van der Waals surface area contributed by atoms with Gasteiger partial charge in [-0.3, -0.25) is 10.1 Å². The minimum absolute atomic E-state index is 0.178. The average molecular weight is 340 g/mol. The van der Waals surface area contributed by atoms with Crippen LogP contribution < -0.4 is 14.8 Å². The molecule has 0 saturated heterocycles. The summed E-state index contributed by atoms with van der Waals surface area (Å²) in [4.78, 5) is 17.0. The van der Waals surface area contributed by atoms with E-state index < -0.39 is 6.10 Å². The van der Waals surface area contributed by atoms with E-state index in [1.54, 1.807) is 0 Å². The van der Waals surface area contributed by atoms with Crippen LogP contribution >= 0.6 is 11.3 Å². The second kappa shape index (κ2) is 6.13. The molecule has 0 radical (unpaired) electrons. The van der Waals surface area contributed by atoms with E-state index in [0.717, 1.165) is 27.3 Å². The van der Waals surface area contributed by atoms with Gasteiger partial charge in [-0.25, -0.2) is 4.98 Å². The van der Waals surface area contributed by atoms with Crippen molar-refractivity contribution in [3.8, 4) is 11.5 Å². The molecule has 1 aromatic heterocycles. The molecule has 4 rings (SSSR count). The minimum atomic E-state index is -0.513. The Labute approximate surface area is 143 Å². The Morgan fingerprint density at radius 1 is 1.33 bits per heavy atom. The highest BCUT2D eigenvalue weighted by atomic mass is 32.1. The lowest BCUT2D eigenvalue weighted by atomic mass is 10.1. The third kappa shape index (κ3) is 2.69. The van der Waals surface area contributed by atoms with Crippen LogP contribution in [0.5, 0.6) is 11.5 Å². The largest absolute Gasteiger partial charge is 0.492 e. The lowest BCUT2D eigenvalue weighted by Gasteiger charge is -2.09. The molecule has 5 nitrogen and oxygen atoms in total. The second-order valence-corrected chi connectivity index (χ2v) is 6.49. The number of thiazole rings is 1. The number of carbonyl (C=O) groups excluding carboxylic acids is 1. The topological polar surface area (TPSA) is 60.5 Å². The molecule has 3 aromatic rings. The monoisotopic (exact) mass is 340 g/mol. The average Bonchev–Trinajstić information content (AvgIpc) is 3.18. The van der Waals surface area contributed by atoms with Gasteiger partial charge in [-0.05, 0) is 30.7 Å². The van der Waals surface area contributed by atoms with Crippen molar-refractivity contribution in [3.05, 3.63) is 48.0 Å². The molecule has 0 bridgehead atoms. The fourth-order valence-electron chi connectivity index (χ4n) is 2.76. The zero-order valence-corrected chi connectivity index (χ0v) is 13.9. The van der Waals surface area contributed by atoms with E-state index in [9.17, 15) is 4.79 Å². The van der Waals surface area contributed by atoms with Gasteiger partial charge in [0.2, 0.25) is 0 Å². The molecule has 2 aromatic carbocycles. The number of amides is 1. The highest BCUT2D eigenvalue weighted by Crippen LogP contribution is 2.33. The van der Waals surface area contributed by atoms with Crippen molar-refractivity contribution in [2.45, 2.75) is 19.4 Å². The predicted molar refractivity (Wildman–Crippen MR) is 94.0 cm³/mol. The summed E-state index contributed by atoms with van der Waals surface area (Å²) in [7, 11) is 0. The van der Waals surface area contributed by atoms with Gasteiger partial charge in [-0.15, -0.1) is 0 Å². The number of para-hydroxylation sites is 2. The van der Waals surface area contributed by atoms with Gasteiger partial charge in [-0.1, -0.05) is 35.6 Å². The summed E-state index contributed by atoms with van der Waals surface area (Å²) in [5.41, 5.74) is 1.83. The van der Waals surface area contributed by atoms with E-state index in [0.29, 0.717) is 18.2 Å². The van der Waals surface area contributed by atoms with Gasteiger partial charge >= 0.3 is 0 Å². The van der Waals surface area contributed by atoms with E-state index in [-0.39, 0.29) is 5.91 Å². The zero-order valence-electron chi connectivity index (χ0n) is 13.1. The number of ether oxygens (including phenoxy) is 2. The van der Waals surface area contributed by atoms with Crippen LogP contribution in [0.3, 0.4) is 0 Å². The SMILES string of the molecule is CCOc1cccc2sc(NC(=O)C3Cc4ccccc4O3)nc12. The van der Waals surface area contributed by atoms with Crippen molar-refractivity contribution in [1.82, 2.24) is 4.98 Å². The van der Waals surface area contributed by atoms with Crippen LogP contribution in [0.15, 0.2) is 42.5 Å². The molecule has 1 aliphatic rings. The number of nitrogens with one attached hydrogen (secondary N) is 1.